The lowest BCUT2D eigenvalue weighted by Crippen LogP contribution is -2.37. The SMILES string of the molecule is CC1CCN(CCCN=C(N)NC(C)C)CC1.I. The lowest BCUT2D eigenvalue weighted by atomic mass is 9.99. The van der Waals surface area contributed by atoms with E-state index in [9.17, 15) is 0 Å². The van der Waals surface area contributed by atoms with Gasteiger partial charge in [-0.3, -0.25) is 4.99 Å². The van der Waals surface area contributed by atoms with Gasteiger partial charge in [-0.15, -0.1) is 24.0 Å². The summed E-state index contributed by atoms with van der Waals surface area (Å²) in [7, 11) is 0. The Kier molecular flexibility index (Phi) is 9.81. The Morgan fingerprint density at radius 2 is 2.00 bits per heavy atom. The minimum atomic E-state index is 0. The van der Waals surface area contributed by atoms with Crippen LogP contribution >= 0.6 is 24.0 Å². The zero-order valence-corrected chi connectivity index (χ0v) is 14.3. The van der Waals surface area contributed by atoms with Crippen LogP contribution in [0.25, 0.3) is 0 Å². The summed E-state index contributed by atoms with van der Waals surface area (Å²) in [4.78, 5) is 6.86. The van der Waals surface area contributed by atoms with Gasteiger partial charge in [-0.05, 0) is 58.7 Å². The van der Waals surface area contributed by atoms with Gasteiger partial charge in [-0.1, -0.05) is 6.92 Å². The molecule has 0 aromatic heterocycles. The van der Waals surface area contributed by atoms with E-state index >= 15 is 0 Å². The van der Waals surface area contributed by atoms with E-state index in [0.29, 0.717) is 12.0 Å². The third-order valence-corrected chi connectivity index (χ3v) is 3.23. The predicted molar refractivity (Wildman–Crippen MR) is 89.6 cm³/mol. The van der Waals surface area contributed by atoms with Crippen LogP contribution in [0.4, 0.5) is 0 Å². The van der Waals surface area contributed by atoms with Crippen molar-refractivity contribution in [2.75, 3.05) is 26.2 Å². The van der Waals surface area contributed by atoms with Gasteiger partial charge in [-0.25, -0.2) is 0 Å². The fraction of sp³-hybridized carbons (Fsp3) is 0.923. The highest BCUT2D eigenvalue weighted by molar-refractivity contribution is 14.0. The third-order valence-electron chi connectivity index (χ3n) is 3.23. The summed E-state index contributed by atoms with van der Waals surface area (Å²) in [6.07, 6.45) is 3.80. The average molecular weight is 368 g/mol. The van der Waals surface area contributed by atoms with Crippen LogP contribution in [0.15, 0.2) is 4.99 Å². The quantitative estimate of drug-likeness (QED) is 0.338. The molecule has 0 unspecified atom stereocenters. The Labute approximate surface area is 129 Å². The zero-order valence-electron chi connectivity index (χ0n) is 12.0. The van der Waals surface area contributed by atoms with E-state index in [4.69, 9.17) is 5.73 Å². The van der Waals surface area contributed by atoms with Crippen LogP contribution in [-0.2, 0) is 0 Å². The summed E-state index contributed by atoms with van der Waals surface area (Å²) in [5, 5.41) is 3.10. The zero-order chi connectivity index (χ0) is 12.7. The first-order chi connectivity index (χ1) is 8.08. The van der Waals surface area contributed by atoms with Crippen molar-refractivity contribution in [3.05, 3.63) is 0 Å². The number of aliphatic imine (C=N–C) groups is 1. The van der Waals surface area contributed by atoms with E-state index in [1.54, 1.807) is 0 Å². The summed E-state index contributed by atoms with van der Waals surface area (Å²) in [6.45, 7) is 11.0. The van der Waals surface area contributed by atoms with Crippen molar-refractivity contribution in [2.24, 2.45) is 16.6 Å². The maximum Gasteiger partial charge on any atom is 0.188 e. The van der Waals surface area contributed by atoms with Gasteiger partial charge in [0.2, 0.25) is 0 Å². The van der Waals surface area contributed by atoms with E-state index in [2.05, 4.69) is 36.0 Å². The van der Waals surface area contributed by atoms with Crippen molar-refractivity contribution in [1.29, 1.82) is 0 Å². The Morgan fingerprint density at radius 3 is 2.56 bits per heavy atom. The molecule has 0 amide bonds. The molecule has 108 valence electrons. The molecule has 0 aromatic carbocycles. The second kappa shape index (κ2) is 9.83. The van der Waals surface area contributed by atoms with Gasteiger partial charge < -0.3 is 16.0 Å². The number of guanidine groups is 1. The van der Waals surface area contributed by atoms with Crippen molar-refractivity contribution in [3.8, 4) is 0 Å². The molecule has 1 aliphatic rings. The Morgan fingerprint density at radius 1 is 1.39 bits per heavy atom. The summed E-state index contributed by atoms with van der Waals surface area (Å²) in [5.74, 6) is 1.49. The predicted octanol–water partition coefficient (Wildman–Crippen LogP) is 2.04. The molecule has 0 saturated carbocycles. The number of piperidine rings is 1. The number of likely N-dealkylation sites (tertiary alicyclic amines) is 1. The number of hydrogen-bond donors (Lipinski definition) is 2. The van der Waals surface area contributed by atoms with Gasteiger partial charge >= 0.3 is 0 Å². The van der Waals surface area contributed by atoms with Crippen LogP contribution in [-0.4, -0.2) is 43.1 Å². The van der Waals surface area contributed by atoms with E-state index in [1.807, 2.05) is 0 Å². The smallest absolute Gasteiger partial charge is 0.188 e. The number of rotatable bonds is 5. The molecule has 1 fully saturated rings. The topological polar surface area (TPSA) is 53.6 Å². The Bertz CT molecular complexity index is 235. The molecule has 0 bridgehead atoms. The first-order valence-electron chi connectivity index (χ1n) is 6.86. The average Bonchev–Trinajstić information content (AvgIpc) is 2.26. The Hall–Kier alpha value is -0.0400. The molecule has 0 radical (unpaired) electrons. The summed E-state index contributed by atoms with van der Waals surface area (Å²) in [6, 6.07) is 0.363. The molecule has 1 saturated heterocycles. The number of hydrogen-bond acceptors (Lipinski definition) is 2. The molecule has 0 atom stereocenters. The maximum atomic E-state index is 5.74. The van der Waals surface area contributed by atoms with Gasteiger partial charge in [0.25, 0.3) is 0 Å². The number of nitrogens with two attached hydrogens (primary N) is 1. The van der Waals surface area contributed by atoms with E-state index in [1.165, 1.54) is 25.9 Å². The molecule has 5 heteroatoms. The van der Waals surface area contributed by atoms with Crippen LogP contribution in [0.1, 0.15) is 40.0 Å². The molecule has 18 heavy (non-hydrogen) atoms. The molecule has 1 heterocycles. The van der Waals surface area contributed by atoms with Gasteiger partial charge in [0.15, 0.2) is 5.96 Å². The highest BCUT2D eigenvalue weighted by Gasteiger charge is 2.14. The van der Waals surface area contributed by atoms with Crippen molar-refractivity contribution in [2.45, 2.75) is 46.1 Å². The molecule has 0 spiro atoms. The monoisotopic (exact) mass is 368 g/mol. The van der Waals surface area contributed by atoms with Crippen LogP contribution in [0, 0.1) is 5.92 Å². The first kappa shape index (κ1) is 18.0. The van der Waals surface area contributed by atoms with E-state index < -0.39 is 0 Å². The van der Waals surface area contributed by atoms with Gasteiger partial charge in [0.1, 0.15) is 0 Å². The highest BCUT2D eigenvalue weighted by Crippen LogP contribution is 2.15. The summed E-state index contributed by atoms with van der Waals surface area (Å²) >= 11 is 0. The van der Waals surface area contributed by atoms with Crippen LogP contribution in [0.5, 0.6) is 0 Å². The van der Waals surface area contributed by atoms with Crippen LogP contribution in [0.3, 0.4) is 0 Å². The second-order valence-corrected chi connectivity index (χ2v) is 5.44. The fourth-order valence-electron chi connectivity index (χ4n) is 2.12. The summed E-state index contributed by atoms with van der Waals surface area (Å²) in [5.41, 5.74) is 5.74. The van der Waals surface area contributed by atoms with Crippen LogP contribution < -0.4 is 11.1 Å². The van der Waals surface area contributed by atoms with Crippen molar-refractivity contribution >= 4 is 29.9 Å². The van der Waals surface area contributed by atoms with Crippen molar-refractivity contribution < 1.29 is 0 Å². The molecule has 1 rings (SSSR count). The molecule has 4 nitrogen and oxygen atoms in total. The molecule has 3 N–H and O–H groups in total. The van der Waals surface area contributed by atoms with E-state index in [-0.39, 0.29) is 24.0 Å². The number of nitrogens with one attached hydrogen (secondary N) is 1. The normalized spacial score (nSPS) is 18.8. The third kappa shape index (κ3) is 8.13. The minimum Gasteiger partial charge on any atom is -0.370 e. The van der Waals surface area contributed by atoms with Gasteiger partial charge in [0, 0.05) is 12.6 Å². The fourth-order valence-corrected chi connectivity index (χ4v) is 2.12. The number of nitrogens with zero attached hydrogens (tertiary/aromatic N) is 2. The minimum absolute atomic E-state index is 0. The second-order valence-electron chi connectivity index (χ2n) is 5.44. The molecule has 1 aliphatic heterocycles. The van der Waals surface area contributed by atoms with Crippen LogP contribution in [0.2, 0.25) is 0 Å². The molecular formula is C13H29IN4. The molecule has 0 aliphatic carbocycles. The summed E-state index contributed by atoms with van der Waals surface area (Å²) < 4.78 is 0. The first-order valence-corrected chi connectivity index (χ1v) is 6.86. The lowest BCUT2D eigenvalue weighted by molar-refractivity contribution is 0.192. The standard InChI is InChI=1S/C13H28N4.HI/c1-11(2)16-13(14)15-7-4-8-17-9-5-12(3)6-10-17;/h11-12H,4-10H2,1-3H3,(H3,14,15,16);1H. The maximum absolute atomic E-state index is 5.74. The van der Waals surface area contributed by atoms with E-state index in [0.717, 1.165) is 25.4 Å². The lowest BCUT2D eigenvalue weighted by Gasteiger charge is -2.29. The van der Waals surface area contributed by atoms with Gasteiger partial charge in [-0.2, -0.15) is 0 Å². The number of halogens is 1. The van der Waals surface area contributed by atoms with Crippen molar-refractivity contribution in [1.82, 2.24) is 10.2 Å². The molecule has 0 aromatic rings. The largest absolute Gasteiger partial charge is 0.370 e. The molecular weight excluding hydrogens is 339 g/mol. The van der Waals surface area contributed by atoms with Crippen molar-refractivity contribution in [3.63, 3.8) is 0 Å². The van der Waals surface area contributed by atoms with Gasteiger partial charge in [0.05, 0.1) is 0 Å². The highest BCUT2D eigenvalue weighted by atomic mass is 127. The Balaban J connectivity index is 0.00000289.